The number of carbonyl (C=O) groups is 1. The SMILES string of the molecule is O=C(NCCc1ccccc1)C(F)(F)C(F)(F)C(F)(F)C(F)(F)Cl. The first-order valence-electron chi connectivity index (χ1n) is 6.27. The number of amides is 1. The standard InChI is InChI=1S/C13H10ClF8NO/c14-13(21,22)12(19,20)11(17,18)10(15,16)9(24)23-7-6-8-4-2-1-3-5-8/h1-5H,6-7H2,(H,23,24). The van der Waals surface area contributed by atoms with Crippen LogP contribution in [-0.2, 0) is 11.2 Å². The first-order valence-corrected chi connectivity index (χ1v) is 6.65. The van der Waals surface area contributed by atoms with E-state index in [4.69, 9.17) is 0 Å². The first-order chi connectivity index (χ1) is 10.7. The van der Waals surface area contributed by atoms with Crippen LogP contribution in [0.3, 0.4) is 0 Å². The zero-order valence-electron chi connectivity index (χ0n) is 11.6. The Balaban J connectivity index is 2.83. The molecule has 1 N–H and O–H groups in total. The molecule has 0 aliphatic carbocycles. The maximum absolute atomic E-state index is 13.3. The van der Waals surface area contributed by atoms with Gasteiger partial charge in [0.15, 0.2) is 0 Å². The van der Waals surface area contributed by atoms with Gasteiger partial charge in [-0.3, -0.25) is 4.79 Å². The van der Waals surface area contributed by atoms with Gasteiger partial charge >= 0.3 is 23.1 Å². The van der Waals surface area contributed by atoms with E-state index in [0.717, 1.165) is 0 Å². The van der Waals surface area contributed by atoms with Gasteiger partial charge in [0.25, 0.3) is 5.91 Å². The Morgan fingerprint density at radius 1 is 0.917 bits per heavy atom. The third-order valence-corrected chi connectivity index (χ3v) is 3.21. The molecule has 2 nitrogen and oxygen atoms in total. The summed E-state index contributed by atoms with van der Waals surface area (Å²) in [7, 11) is 0. The molecular formula is C13H10ClF8NO. The van der Waals surface area contributed by atoms with Gasteiger partial charge in [0.2, 0.25) is 0 Å². The third kappa shape index (κ3) is 3.73. The molecule has 0 saturated heterocycles. The summed E-state index contributed by atoms with van der Waals surface area (Å²) in [5, 5.41) is -4.67. The molecule has 0 bridgehead atoms. The molecule has 1 aromatic carbocycles. The second-order valence-electron chi connectivity index (χ2n) is 4.71. The largest absolute Gasteiger partial charge is 0.393 e. The van der Waals surface area contributed by atoms with E-state index >= 15 is 0 Å². The van der Waals surface area contributed by atoms with Gasteiger partial charge in [0, 0.05) is 6.54 Å². The Labute approximate surface area is 135 Å². The molecule has 0 unspecified atom stereocenters. The van der Waals surface area contributed by atoms with Crippen molar-refractivity contribution in [3.8, 4) is 0 Å². The van der Waals surface area contributed by atoms with Crippen molar-refractivity contribution in [3.05, 3.63) is 35.9 Å². The maximum Gasteiger partial charge on any atom is 0.393 e. The fraction of sp³-hybridized carbons (Fsp3) is 0.462. The summed E-state index contributed by atoms with van der Waals surface area (Å²) in [4.78, 5) is 11.1. The van der Waals surface area contributed by atoms with Crippen molar-refractivity contribution in [1.29, 1.82) is 0 Å². The van der Waals surface area contributed by atoms with Gasteiger partial charge in [-0.25, -0.2) is 0 Å². The fourth-order valence-electron chi connectivity index (χ4n) is 1.59. The summed E-state index contributed by atoms with van der Waals surface area (Å²) in [6.07, 6.45) is -0.0731. The minimum Gasteiger partial charge on any atom is -0.350 e. The quantitative estimate of drug-likeness (QED) is 0.558. The lowest BCUT2D eigenvalue weighted by Gasteiger charge is -2.33. The molecule has 0 saturated carbocycles. The van der Waals surface area contributed by atoms with Crippen molar-refractivity contribution in [2.45, 2.75) is 29.6 Å². The Hall–Kier alpha value is -1.58. The molecule has 24 heavy (non-hydrogen) atoms. The lowest BCUT2D eigenvalue weighted by molar-refractivity contribution is -0.337. The van der Waals surface area contributed by atoms with Gasteiger partial charge in [-0.1, -0.05) is 30.3 Å². The van der Waals surface area contributed by atoms with Crippen LogP contribution >= 0.6 is 11.6 Å². The molecule has 136 valence electrons. The van der Waals surface area contributed by atoms with Crippen LogP contribution in [0.25, 0.3) is 0 Å². The van der Waals surface area contributed by atoms with E-state index in [-0.39, 0.29) is 6.42 Å². The van der Waals surface area contributed by atoms with Crippen molar-refractivity contribution in [2.24, 2.45) is 0 Å². The van der Waals surface area contributed by atoms with E-state index < -0.39 is 35.6 Å². The number of nitrogens with one attached hydrogen (secondary N) is 1. The van der Waals surface area contributed by atoms with E-state index in [0.29, 0.717) is 5.56 Å². The van der Waals surface area contributed by atoms with Crippen molar-refractivity contribution in [3.63, 3.8) is 0 Å². The summed E-state index contributed by atoms with van der Waals surface area (Å²) in [5.41, 5.74) is 0.533. The predicted molar refractivity (Wildman–Crippen MR) is 68.8 cm³/mol. The second kappa shape index (κ2) is 6.73. The molecule has 11 heteroatoms. The molecule has 0 spiro atoms. The molecule has 0 aliphatic rings. The predicted octanol–water partition coefficient (Wildman–Crippen LogP) is 4.08. The van der Waals surface area contributed by atoms with E-state index in [1.165, 1.54) is 17.4 Å². The molecule has 0 aromatic heterocycles. The Bertz CT molecular complexity index is 573. The van der Waals surface area contributed by atoms with Crippen LogP contribution in [0.15, 0.2) is 30.3 Å². The second-order valence-corrected chi connectivity index (χ2v) is 5.19. The number of benzene rings is 1. The summed E-state index contributed by atoms with van der Waals surface area (Å²) in [6, 6.07) is 7.83. The number of hydrogen-bond donors (Lipinski definition) is 1. The van der Waals surface area contributed by atoms with Crippen molar-refractivity contribution in [1.82, 2.24) is 5.32 Å². The monoisotopic (exact) mass is 383 g/mol. The average Bonchev–Trinajstić information content (AvgIpc) is 2.46. The number of halogens is 9. The van der Waals surface area contributed by atoms with E-state index in [1.54, 1.807) is 18.2 Å². The minimum atomic E-state index is -6.71. The van der Waals surface area contributed by atoms with E-state index in [1.807, 2.05) is 0 Å². The molecule has 0 radical (unpaired) electrons. The lowest BCUT2D eigenvalue weighted by Crippen LogP contribution is -2.65. The summed E-state index contributed by atoms with van der Waals surface area (Å²) in [5.74, 6) is -22.3. The zero-order chi connectivity index (χ0) is 18.8. The van der Waals surface area contributed by atoms with Crippen molar-refractivity contribution >= 4 is 17.5 Å². The van der Waals surface area contributed by atoms with Crippen LogP contribution in [0.5, 0.6) is 0 Å². The van der Waals surface area contributed by atoms with Gasteiger partial charge in [-0.05, 0) is 23.6 Å². The Morgan fingerprint density at radius 3 is 1.88 bits per heavy atom. The van der Waals surface area contributed by atoms with Gasteiger partial charge in [0.1, 0.15) is 0 Å². The first kappa shape index (κ1) is 20.5. The summed E-state index contributed by atoms with van der Waals surface area (Å²) >= 11 is 3.78. The molecule has 1 rings (SSSR count). The van der Waals surface area contributed by atoms with Crippen LogP contribution in [0.1, 0.15) is 5.56 Å². The molecule has 1 aromatic rings. The van der Waals surface area contributed by atoms with E-state index in [9.17, 15) is 39.9 Å². The van der Waals surface area contributed by atoms with Crippen LogP contribution in [0.2, 0.25) is 0 Å². The number of alkyl halides is 9. The summed E-state index contributed by atoms with van der Waals surface area (Å²) in [6.45, 7) is -0.600. The van der Waals surface area contributed by atoms with Gasteiger partial charge in [0.05, 0.1) is 0 Å². The zero-order valence-corrected chi connectivity index (χ0v) is 12.4. The molecule has 1 amide bonds. The number of rotatable bonds is 7. The molecule has 0 heterocycles. The molecule has 0 atom stereocenters. The van der Waals surface area contributed by atoms with Gasteiger partial charge < -0.3 is 5.32 Å². The normalized spacial score (nSPS) is 13.7. The fourth-order valence-corrected chi connectivity index (χ4v) is 1.71. The Morgan fingerprint density at radius 2 is 1.42 bits per heavy atom. The number of hydrogen-bond acceptors (Lipinski definition) is 1. The van der Waals surface area contributed by atoms with E-state index in [2.05, 4.69) is 11.6 Å². The van der Waals surface area contributed by atoms with Crippen LogP contribution in [0, 0.1) is 0 Å². The lowest BCUT2D eigenvalue weighted by atomic mass is 10.0. The van der Waals surface area contributed by atoms with Gasteiger partial charge in [-0.2, -0.15) is 35.1 Å². The number of carbonyl (C=O) groups excluding carboxylic acids is 1. The molecular weight excluding hydrogens is 374 g/mol. The van der Waals surface area contributed by atoms with Crippen LogP contribution in [-0.4, -0.2) is 35.6 Å². The minimum absolute atomic E-state index is 0.0731. The van der Waals surface area contributed by atoms with Crippen LogP contribution < -0.4 is 5.32 Å². The molecule has 0 aliphatic heterocycles. The highest BCUT2D eigenvalue weighted by atomic mass is 35.5. The van der Waals surface area contributed by atoms with Crippen LogP contribution in [0.4, 0.5) is 35.1 Å². The topological polar surface area (TPSA) is 29.1 Å². The highest BCUT2D eigenvalue weighted by Gasteiger charge is 2.82. The third-order valence-electron chi connectivity index (χ3n) is 2.97. The average molecular weight is 384 g/mol. The van der Waals surface area contributed by atoms with Crippen molar-refractivity contribution < 1.29 is 39.9 Å². The molecule has 0 fully saturated rings. The highest BCUT2D eigenvalue weighted by Crippen LogP contribution is 2.53. The highest BCUT2D eigenvalue weighted by molar-refractivity contribution is 6.22. The van der Waals surface area contributed by atoms with Gasteiger partial charge in [-0.15, -0.1) is 0 Å². The van der Waals surface area contributed by atoms with Crippen molar-refractivity contribution in [2.75, 3.05) is 6.54 Å². The Kier molecular flexibility index (Phi) is 5.74. The smallest absolute Gasteiger partial charge is 0.350 e. The maximum atomic E-state index is 13.3. The summed E-state index contributed by atoms with van der Waals surface area (Å²) < 4.78 is 103.